The minimum atomic E-state index is -3.72. The van der Waals surface area contributed by atoms with Gasteiger partial charge < -0.3 is 5.32 Å². The Morgan fingerprint density at radius 3 is 1.96 bits per heavy atom. The second-order valence-electron chi connectivity index (χ2n) is 6.22. The summed E-state index contributed by atoms with van der Waals surface area (Å²) in [4.78, 5) is 12.3. The Labute approximate surface area is 159 Å². The summed E-state index contributed by atoms with van der Waals surface area (Å²) in [6.07, 6.45) is 0. The van der Waals surface area contributed by atoms with Crippen LogP contribution in [0, 0.1) is 13.8 Å². The Morgan fingerprint density at radius 1 is 0.778 bits per heavy atom. The molecule has 0 saturated carbocycles. The highest BCUT2D eigenvalue weighted by molar-refractivity contribution is 7.92. The van der Waals surface area contributed by atoms with Crippen LogP contribution in [0.5, 0.6) is 0 Å². The largest absolute Gasteiger partial charge is 0.322 e. The SMILES string of the molecule is Cc1cccc(C)c1NS(=O)(=O)c1ccc(NC(=O)c2ccccc2)cc1. The van der Waals surface area contributed by atoms with Crippen molar-refractivity contribution in [1.29, 1.82) is 0 Å². The zero-order valence-corrected chi connectivity index (χ0v) is 15.9. The number of hydrogen-bond acceptors (Lipinski definition) is 3. The second-order valence-corrected chi connectivity index (χ2v) is 7.90. The van der Waals surface area contributed by atoms with E-state index >= 15 is 0 Å². The van der Waals surface area contributed by atoms with E-state index in [0.29, 0.717) is 16.9 Å². The molecule has 3 rings (SSSR count). The van der Waals surface area contributed by atoms with Gasteiger partial charge >= 0.3 is 0 Å². The molecule has 2 N–H and O–H groups in total. The van der Waals surface area contributed by atoms with Crippen LogP contribution in [0.1, 0.15) is 21.5 Å². The number of hydrogen-bond donors (Lipinski definition) is 2. The number of rotatable bonds is 5. The average molecular weight is 380 g/mol. The van der Waals surface area contributed by atoms with E-state index in [0.717, 1.165) is 11.1 Å². The van der Waals surface area contributed by atoms with Crippen LogP contribution in [0.4, 0.5) is 11.4 Å². The van der Waals surface area contributed by atoms with Crippen molar-refractivity contribution < 1.29 is 13.2 Å². The van der Waals surface area contributed by atoms with Gasteiger partial charge in [0.25, 0.3) is 15.9 Å². The Bertz CT molecular complexity index is 1040. The van der Waals surface area contributed by atoms with Crippen molar-refractivity contribution >= 4 is 27.3 Å². The van der Waals surface area contributed by atoms with Gasteiger partial charge in [-0.25, -0.2) is 8.42 Å². The van der Waals surface area contributed by atoms with E-state index in [1.165, 1.54) is 12.1 Å². The predicted octanol–water partition coefficient (Wildman–Crippen LogP) is 4.36. The zero-order valence-electron chi connectivity index (χ0n) is 15.1. The molecule has 0 aromatic heterocycles. The van der Waals surface area contributed by atoms with Crippen LogP contribution in [0.2, 0.25) is 0 Å². The first-order chi connectivity index (χ1) is 12.9. The first-order valence-corrected chi connectivity index (χ1v) is 9.90. The Balaban J connectivity index is 1.77. The number of nitrogens with one attached hydrogen (secondary N) is 2. The van der Waals surface area contributed by atoms with Gasteiger partial charge in [0.1, 0.15) is 0 Å². The minimum Gasteiger partial charge on any atom is -0.322 e. The molecule has 0 fully saturated rings. The molecule has 0 saturated heterocycles. The van der Waals surface area contributed by atoms with Crippen LogP contribution in [-0.2, 0) is 10.0 Å². The van der Waals surface area contributed by atoms with Crippen molar-refractivity contribution in [2.75, 3.05) is 10.0 Å². The number of benzene rings is 3. The molecule has 1 amide bonds. The molecular weight excluding hydrogens is 360 g/mol. The molecule has 27 heavy (non-hydrogen) atoms. The van der Waals surface area contributed by atoms with Gasteiger partial charge in [-0.05, 0) is 61.4 Å². The number of anilines is 2. The maximum absolute atomic E-state index is 12.7. The van der Waals surface area contributed by atoms with Crippen LogP contribution >= 0.6 is 0 Å². The lowest BCUT2D eigenvalue weighted by atomic mass is 10.1. The minimum absolute atomic E-state index is 0.128. The molecule has 0 unspecified atom stereocenters. The van der Waals surface area contributed by atoms with Crippen LogP contribution in [0.3, 0.4) is 0 Å². The van der Waals surface area contributed by atoms with E-state index in [1.54, 1.807) is 36.4 Å². The summed E-state index contributed by atoms with van der Waals surface area (Å²) < 4.78 is 28.0. The van der Waals surface area contributed by atoms with Gasteiger partial charge in [0.2, 0.25) is 0 Å². The van der Waals surface area contributed by atoms with Crippen molar-refractivity contribution in [3.63, 3.8) is 0 Å². The van der Waals surface area contributed by atoms with Gasteiger partial charge in [0.15, 0.2) is 0 Å². The van der Waals surface area contributed by atoms with Crippen molar-refractivity contribution in [2.24, 2.45) is 0 Å². The lowest BCUT2D eigenvalue weighted by Crippen LogP contribution is -2.15. The van der Waals surface area contributed by atoms with Crippen molar-refractivity contribution in [2.45, 2.75) is 18.7 Å². The van der Waals surface area contributed by atoms with Gasteiger partial charge in [0, 0.05) is 11.3 Å². The quantitative estimate of drug-likeness (QED) is 0.691. The molecule has 3 aromatic carbocycles. The van der Waals surface area contributed by atoms with E-state index in [1.807, 2.05) is 38.1 Å². The molecule has 138 valence electrons. The molecular formula is C21H20N2O3S. The molecule has 0 atom stereocenters. The molecule has 0 aliphatic carbocycles. The van der Waals surface area contributed by atoms with Gasteiger partial charge in [-0.2, -0.15) is 0 Å². The Kier molecular flexibility index (Phi) is 5.28. The van der Waals surface area contributed by atoms with E-state index in [4.69, 9.17) is 0 Å². The van der Waals surface area contributed by atoms with Gasteiger partial charge in [-0.1, -0.05) is 36.4 Å². The van der Waals surface area contributed by atoms with Crippen molar-refractivity contribution in [3.05, 3.63) is 89.5 Å². The summed E-state index contributed by atoms with van der Waals surface area (Å²) >= 11 is 0. The number of para-hydroxylation sites is 1. The highest BCUT2D eigenvalue weighted by Crippen LogP contribution is 2.24. The summed E-state index contributed by atoms with van der Waals surface area (Å²) in [5, 5.41) is 2.75. The second kappa shape index (κ2) is 7.63. The molecule has 0 heterocycles. The Hall–Kier alpha value is -3.12. The highest BCUT2D eigenvalue weighted by atomic mass is 32.2. The molecule has 0 aliphatic rings. The van der Waals surface area contributed by atoms with Gasteiger partial charge in [-0.3, -0.25) is 9.52 Å². The van der Waals surface area contributed by atoms with Crippen LogP contribution in [0.25, 0.3) is 0 Å². The maximum atomic E-state index is 12.7. The van der Waals surface area contributed by atoms with Gasteiger partial charge in [0.05, 0.1) is 10.6 Å². The van der Waals surface area contributed by atoms with E-state index in [2.05, 4.69) is 10.0 Å². The fourth-order valence-corrected chi connectivity index (χ4v) is 3.88. The van der Waals surface area contributed by atoms with Gasteiger partial charge in [-0.15, -0.1) is 0 Å². The van der Waals surface area contributed by atoms with Crippen LogP contribution < -0.4 is 10.0 Å². The smallest absolute Gasteiger partial charge is 0.261 e. The maximum Gasteiger partial charge on any atom is 0.261 e. The fraction of sp³-hybridized carbons (Fsp3) is 0.0952. The summed E-state index contributed by atoms with van der Waals surface area (Å²) in [6, 6.07) is 20.5. The van der Waals surface area contributed by atoms with E-state index < -0.39 is 10.0 Å². The monoisotopic (exact) mass is 380 g/mol. The molecule has 0 radical (unpaired) electrons. The summed E-state index contributed by atoms with van der Waals surface area (Å²) in [6.45, 7) is 3.71. The third-order valence-electron chi connectivity index (χ3n) is 4.18. The molecule has 5 nitrogen and oxygen atoms in total. The normalized spacial score (nSPS) is 11.0. The molecule has 0 spiro atoms. The predicted molar refractivity (Wildman–Crippen MR) is 108 cm³/mol. The summed E-state index contributed by atoms with van der Waals surface area (Å²) in [5.41, 5.74) is 3.34. The van der Waals surface area contributed by atoms with Crippen molar-refractivity contribution in [3.8, 4) is 0 Å². The number of sulfonamides is 1. The molecule has 3 aromatic rings. The highest BCUT2D eigenvalue weighted by Gasteiger charge is 2.16. The molecule has 0 aliphatic heterocycles. The first kappa shape index (κ1) is 18.7. The lowest BCUT2D eigenvalue weighted by Gasteiger charge is -2.13. The number of aryl methyl sites for hydroxylation is 2. The Morgan fingerprint density at radius 2 is 1.37 bits per heavy atom. The van der Waals surface area contributed by atoms with Crippen LogP contribution in [-0.4, -0.2) is 14.3 Å². The van der Waals surface area contributed by atoms with E-state index in [9.17, 15) is 13.2 Å². The number of carbonyl (C=O) groups is 1. The number of amides is 1. The van der Waals surface area contributed by atoms with Crippen molar-refractivity contribution in [1.82, 2.24) is 0 Å². The molecule has 6 heteroatoms. The molecule has 0 bridgehead atoms. The fourth-order valence-electron chi connectivity index (χ4n) is 2.68. The zero-order chi connectivity index (χ0) is 19.4. The van der Waals surface area contributed by atoms with E-state index in [-0.39, 0.29) is 10.8 Å². The van der Waals surface area contributed by atoms with Crippen LogP contribution in [0.15, 0.2) is 77.7 Å². The third-order valence-corrected chi connectivity index (χ3v) is 5.54. The summed E-state index contributed by atoms with van der Waals surface area (Å²) in [7, 11) is -3.72. The number of carbonyl (C=O) groups excluding carboxylic acids is 1. The lowest BCUT2D eigenvalue weighted by molar-refractivity contribution is 0.102. The summed E-state index contributed by atoms with van der Waals surface area (Å²) in [5.74, 6) is -0.250. The third kappa shape index (κ3) is 4.35. The topological polar surface area (TPSA) is 75.3 Å². The standard InChI is InChI=1S/C21H20N2O3S/c1-15-7-6-8-16(2)20(15)23-27(25,26)19-13-11-18(12-14-19)22-21(24)17-9-4-3-5-10-17/h3-14,23H,1-2H3,(H,22,24). The average Bonchev–Trinajstić information content (AvgIpc) is 2.66. The first-order valence-electron chi connectivity index (χ1n) is 8.42.